The SMILES string of the molecule is CC(=O)C1=CC(C)(C)N(C)C1(C)C. The van der Waals surface area contributed by atoms with E-state index in [9.17, 15) is 4.79 Å². The summed E-state index contributed by atoms with van der Waals surface area (Å²) in [5.74, 6) is 0.183. The lowest BCUT2D eigenvalue weighted by molar-refractivity contribution is -0.114. The molecule has 0 N–H and O–H groups in total. The number of hydrogen-bond donors (Lipinski definition) is 0. The van der Waals surface area contributed by atoms with Crippen LogP contribution in [-0.2, 0) is 4.79 Å². The van der Waals surface area contributed by atoms with Gasteiger partial charge < -0.3 is 0 Å². The van der Waals surface area contributed by atoms with E-state index in [1.165, 1.54) is 0 Å². The highest BCUT2D eigenvalue weighted by atomic mass is 16.1. The first-order valence-corrected chi connectivity index (χ1v) is 4.68. The van der Waals surface area contributed by atoms with Crippen molar-refractivity contribution in [1.82, 2.24) is 4.90 Å². The topological polar surface area (TPSA) is 20.3 Å². The number of nitrogens with zero attached hydrogens (tertiary/aromatic N) is 1. The summed E-state index contributed by atoms with van der Waals surface area (Å²) >= 11 is 0. The van der Waals surface area contributed by atoms with Crippen LogP contribution in [0.1, 0.15) is 34.6 Å². The lowest BCUT2D eigenvalue weighted by Gasteiger charge is -2.38. The van der Waals surface area contributed by atoms with Crippen LogP contribution in [0, 0.1) is 0 Å². The molecular weight excluding hydrogens is 162 g/mol. The number of carbonyl (C=O) groups excluding carboxylic acids is 1. The third kappa shape index (κ3) is 1.44. The molecule has 13 heavy (non-hydrogen) atoms. The Bertz CT molecular complexity index is 274. The maximum absolute atomic E-state index is 11.4. The Hall–Kier alpha value is -0.630. The fourth-order valence-electron chi connectivity index (χ4n) is 2.06. The van der Waals surface area contributed by atoms with Gasteiger partial charge in [-0.1, -0.05) is 6.08 Å². The summed E-state index contributed by atoms with van der Waals surface area (Å²) in [6.07, 6.45) is 2.08. The van der Waals surface area contributed by atoms with Crippen molar-refractivity contribution in [1.29, 1.82) is 0 Å². The fraction of sp³-hybridized carbons (Fsp3) is 0.727. The van der Waals surface area contributed by atoms with Crippen molar-refractivity contribution in [3.63, 3.8) is 0 Å². The van der Waals surface area contributed by atoms with Crippen LogP contribution < -0.4 is 0 Å². The largest absolute Gasteiger partial charge is 0.295 e. The number of ketones is 1. The molecule has 1 rings (SSSR count). The van der Waals surface area contributed by atoms with E-state index in [2.05, 4.69) is 45.7 Å². The van der Waals surface area contributed by atoms with E-state index in [0.717, 1.165) is 5.57 Å². The molecule has 1 heterocycles. The van der Waals surface area contributed by atoms with Crippen LogP contribution in [0.5, 0.6) is 0 Å². The second-order valence-electron chi connectivity index (χ2n) is 4.89. The van der Waals surface area contributed by atoms with Crippen LogP contribution in [-0.4, -0.2) is 28.8 Å². The lowest BCUT2D eigenvalue weighted by Crippen LogP contribution is -2.47. The molecule has 0 saturated heterocycles. The summed E-state index contributed by atoms with van der Waals surface area (Å²) in [5, 5.41) is 0. The number of rotatable bonds is 1. The van der Waals surface area contributed by atoms with E-state index in [1.54, 1.807) is 6.92 Å². The summed E-state index contributed by atoms with van der Waals surface area (Å²) in [7, 11) is 2.06. The summed E-state index contributed by atoms with van der Waals surface area (Å²) < 4.78 is 0. The molecule has 0 aromatic carbocycles. The van der Waals surface area contributed by atoms with Crippen molar-refractivity contribution in [3.05, 3.63) is 11.6 Å². The lowest BCUT2D eigenvalue weighted by atomic mass is 9.93. The van der Waals surface area contributed by atoms with Gasteiger partial charge in [0.1, 0.15) is 0 Å². The van der Waals surface area contributed by atoms with Gasteiger partial charge in [-0.05, 0) is 41.7 Å². The second-order valence-corrected chi connectivity index (χ2v) is 4.89. The van der Waals surface area contributed by atoms with Gasteiger partial charge in [0.15, 0.2) is 5.78 Å². The maximum Gasteiger partial charge on any atom is 0.157 e. The van der Waals surface area contributed by atoms with Crippen LogP contribution in [0.25, 0.3) is 0 Å². The number of Topliss-reactive ketones (excluding diaryl/α,β-unsaturated/α-hetero) is 1. The van der Waals surface area contributed by atoms with Gasteiger partial charge in [0.25, 0.3) is 0 Å². The minimum atomic E-state index is -0.130. The van der Waals surface area contributed by atoms with Crippen molar-refractivity contribution in [3.8, 4) is 0 Å². The molecule has 0 bridgehead atoms. The maximum atomic E-state index is 11.4. The molecule has 0 fully saturated rings. The Balaban J connectivity index is 3.17. The monoisotopic (exact) mass is 181 g/mol. The Morgan fingerprint density at radius 3 is 1.92 bits per heavy atom. The van der Waals surface area contributed by atoms with Crippen LogP contribution in [0.15, 0.2) is 11.6 Å². The van der Waals surface area contributed by atoms with E-state index in [4.69, 9.17) is 0 Å². The minimum absolute atomic E-state index is 0.00942. The van der Waals surface area contributed by atoms with Gasteiger partial charge in [0.2, 0.25) is 0 Å². The van der Waals surface area contributed by atoms with Crippen molar-refractivity contribution in [2.45, 2.75) is 45.7 Å². The molecule has 0 aliphatic carbocycles. The summed E-state index contributed by atoms with van der Waals surface area (Å²) in [5.41, 5.74) is 0.792. The van der Waals surface area contributed by atoms with Crippen LogP contribution in [0.4, 0.5) is 0 Å². The smallest absolute Gasteiger partial charge is 0.157 e. The highest BCUT2D eigenvalue weighted by Crippen LogP contribution is 2.38. The average Bonchev–Trinajstić information content (AvgIpc) is 2.11. The summed E-state index contributed by atoms with van der Waals surface area (Å²) in [6, 6.07) is 0. The van der Waals surface area contributed by atoms with Gasteiger partial charge in [-0.15, -0.1) is 0 Å². The molecule has 74 valence electrons. The van der Waals surface area contributed by atoms with E-state index in [1.807, 2.05) is 0 Å². The normalized spacial score (nSPS) is 25.8. The minimum Gasteiger partial charge on any atom is -0.295 e. The second kappa shape index (κ2) is 2.68. The van der Waals surface area contributed by atoms with Gasteiger partial charge in [-0.2, -0.15) is 0 Å². The highest BCUT2D eigenvalue weighted by molar-refractivity contribution is 5.96. The summed E-state index contributed by atoms with van der Waals surface area (Å²) in [4.78, 5) is 13.6. The third-order valence-electron chi connectivity index (χ3n) is 3.24. The van der Waals surface area contributed by atoms with E-state index in [0.29, 0.717) is 0 Å². The Labute approximate surface area is 80.6 Å². The van der Waals surface area contributed by atoms with Crippen LogP contribution >= 0.6 is 0 Å². The van der Waals surface area contributed by atoms with E-state index >= 15 is 0 Å². The molecule has 2 nitrogen and oxygen atoms in total. The van der Waals surface area contributed by atoms with Gasteiger partial charge >= 0.3 is 0 Å². The van der Waals surface area contributed by atoms with E-state index < -0.39 is 0 Å². The zero-order valence-electron chi connectivity index (χ0n) is 9.43. The molecule has 2 heteroatoms. The number of hydrogen-bond acceptors (Lipinski definition) is 2. The molecule has 1 aliphatic heterocycles. The van der Waals surface area contributed by atoms with E-state index in [-0.39, 0.29) is 16.9 Å². The molecule has 0 aromatic heterocycles. The quantitative estimate of drug-likeness (QED) is 0.616. The van der Waals surface area contributed by atoms with Crippen LogP contribution in [0.2, 0.25) is 0 Å². The first-order chi connectivity index (χ1) is 5.69. The standard InChI is InChI=1S/C11H19NO/c1-8(13)9-7-10(2,3)12(6)11(9,4)5/h7H,1-6H3. The van der Waals surface area contributed by atoms with Gasteiger partial charge in [0, 0.05) is 16.7 Å². The molecule has 1 aliphatic rings. The average molecular weight is 181 g/mol. The Morgan fingerprint density at radius 2 is 1.77 bits per heavy atom. The molecular formula is C11H19NO. The van der Waals surface area contributed by atoms with Crippen molar-refractivity contribution >= 4 is 5.78 Å². The zero-order chi connectivity index (χ0) is 10.4. The highest BCUT2D eigenvalue weighted by Gasteiger charge is 2.44. The predicted molar refractivity (Wildman–Crippen MR) is 54.7 cm³/mol. The first kappa shape index (κ1) is 10.5. The summed E-state index contributed by atoms with van der Waals surface area (Å²) in [6.45, 7) is 10.1. The Morgan fingerprint density at radius 1 is 1.31 bits per heavy atom. The molecule has 0 radical (unpaired) electrons. The molecule has 0 aromatic rings. The molecule has 0 spiro atoms. The third-order valence-corrected chi connectivity index (χ3v) is 3.24. The molecule has 0 amide bonds. The molecule has 0 unspecified atom stereocenters. The molecule has 0 saturated carbocycles. The first-order valence-electron chi connectivity index (χ1n) is 4.68. The zero-order valence-corrected chi connectivity index (χ0v) is 9.43. The molecule has 0 atom stereocenters. The van der Waals surface area contributed by atoms with Crippen LogP contribution in [0.3, 0.4) is 0 Å². The van der Waals surface area contributed by atoms with Gasteiger partial charge in [-0.25, -0.2) is 0 Å². The van der Waals surface area contributed by atoms with Crippen molar-refractivity contribution in [2.75, 3.05) is 7.05 Å². The van der Waals surface area contributed by atoms with Crippen molar-refractivity contribution in [2.24, 2.45) is 0 Å². The number of carbonyl (C=O) groups is 1. The van der Waals surface area contributed by atoms with Gasteiger partial charge in [0.05, 0.1) is 0 Å². The van der Waals surface area contributed by atoms with Gasteiger partial charge in [-0.3, -0.25) is 9.69 Å². The Kier molecular flexibility index (Phi) is 2.15. The fourth-order valence-corrected chi connectivity index (χ4v) is 2.06. The van der Waals surface area contributed by atoms with Crippen molar-refractivity contribution < 1.29 is 4.79 Å². The predicted octanol–water partition coefficient (Wildman–Crippen LogP) is 2.00. The number of likely N-dealkylation sites (N-methyl/N-ethyl adjacent to an activating group) is 1.